The van der Waals surface area contributed by atoms with Gasteiger partial charge in [0.15, 0.2) is 0 Å². The number of H-pyrrole nitrogens is 1. The minimum absolute atomic E-state index is 0.0536. The Labute approximate surface area is 201 Å². The highest BCUT2D eigenvalue weighted by atomic mass is 19.4. The minimum Gasteiger partial charge on any atom is -0.465 e. The van der Waals surface area contributed by atoms with Gasteiger partial charge in [-0.15, -0.1) is 0 Å². The van der Waals surface area contributed by atoms with E-state index in [1.165, 1.54) is 6.07 Å². The molecule has 3 N–H and O–H groups in total. The molecule has 1 aromatic heterocycles. The number of amides is 2. The maximum atomic E-state index is 13.3. The molecule has 1 unspecified atom stereocenters. The van der Waals surface area contributed by atoms with Crippen molar-refractivity contribution >= 4 is 28.7 Å². The van der Waals surface area contributed by atoms with E-state index in [4.69, 9.17) is 4.74 Å². The third-order valence-corrected chi connectivity index (χ3v) is 5.92. The number of aromatic nitrogens is 1. The Bertz CT molecular complexity index is 1060. The van der Waals surface area contributed by atoms with Crippen LogP contribution < -0.4 is 10.6 Å². The third kappa shape index (κ3) is 7.20. The molecule has 0 aliphatic heterocycles. The molecule has 0 spiro atoms. The van der Waals surface area contributed by atoms with Crippen LogP contribution >= 0.6 is 0 Å². The first-order valence-corrected chi connectivity index (χ1v) is 11.6. The largest absolute Gasteiger partial charge is 0.465 e. The Balaban J connectivity index is 1.42. The zero-order valence-electron chi connectivity index (χ0n) is 19.9. The van der Waals surface area contributed by atoms with E-state index in [-0.39, 0.29) is 43.0 Å². The summed E-state index contributed by atoms with van der Waals surface area (Å²) in [5.74, 6) is -1.34. The fourth-order valence-electron chi connectivity index (χ4n) is 4.22. The second-order valence-electron chi connectivity index (χ2n) is 8.98. The van der Waals surface area contributed by atoms with Crippen molar-refractivity contribution in [1.82, 2.24) is 20.5 Å². The van der Waals surface area contributed by atoms with Crippen LogP contribution in [0, 0.1) is 5.92 Å². The number of hydrogen-bond acceptors (Lipinski definition) is 5. The lowest BCUT2D eigenvalue weighted by Gasteiger charge is -2.21. The number of fused-ring (bicyclic) bond motifs is 3. The highest BCUT2D eigenvalue weighted by Crippen LogP contribution is 2.38. The summed E-state index contributed by atoms with van der Waals surface area (Å²) in [6, 6.07) is 4.06. The molecule has 0 radical (unpaired) electrons. The Morgan fingerprint density at radius 1 is 1.17 bits per heavy atom. The Hall–Kier alpha value is -3.08. The Kier molecular flexibility index (Phi) is 8.76. The molecule has 35 heavy (non-hydrogen) atoms. The number of para-hydroxylation sites is 1. The lowest BCUT2D eigenvalue weighted by Crippen LogP contribution is -2.41. The fraction of sp³-hybridized carbons (Fsp3) is 0.542. The second-order valence-corrected chi connectivity index (χ2v) is 8.98. The molecule has 0 bridgehead atoms. The van der Waals surface area contributed by atoms with E-state index in [1.54, 1.807) is 25.1 Å². The molecule has 0 saturated carbocycles. The highest BCUT2D eigenvalue weighted by Gasteiger charge is 2.35. The van der Waals surface area contributed by atoms with Gasteiger partial charge >= 0.3 is 12.1 Å². The SMILES string of the molecule is CN(C)CC(=O)OCCCCNC(=O)CNC(=O)C1CCc2[nH]c3c(C(F)(F)F)cccc3c2C1. The monoisotopic (exact) mass is 496 g/mol. The van der Waals surface area contributed by atoms with Gasteiger partial charge in [-0.3, -0.25) is 19.3 Å². The molecule has 2 aromatic rings. The van der Waals surface area contributed by atoms with Crippen molar-refractivity contribution in [2.45, 2.75) is 38.3 Å². The third-order valence-electron chi connectivity index (χ3n) is 5.92. The lowest BCUT2D eigenvalue weighted by atomic mass is 9.85. The summed E-state index contributed by atoms with van der Waals surface area (Å²) in [6.45, 7) is 0.713. The fourth-order valence-corrected chi connectivity index (χ4v) is 4.22. The zero-order valence-corrected chi connectivity index (χ0v) is 19.9. The van der Waals surface area contributed by atoms with E-state index in [2.05, 4.69) is 15.6 Å². The normalized spacial score (nSPS) is 15.7. The van der Waals surface area contributed by atoms with Crippen LogP contribution in [0.3, 0.4) is 0 Å². The molecular formula is C24H31F3N4O4. The number of likely N-dealkylation sites (N-methyl/N-ethyl adjacent to an activating group) is 1. The number of nitrogens with zero attached hydrogens (tertiary/aromatic N) is 1. The van der Waals surface area contributed by atoms with Gasteiger partial charge in [0.25, 0.3) is 0 Å². The Morgan fingerprint density at radius 3 is 2.66 bits per heavy atom. The number of benzene rings is 1. The average Bonchev–Trinajstić information content (AvgIpc) is 3.16. The number of halogens is 3. The predicted octanol–water partition coefficient (Wildman–Crippen LogP) is 2.41. The van der Waals surface area contributed by atoms with E-state index in [0.717, 1.165) is 17.3 Å². The van der Waals surface area contributed by atoms with Crippen molar-refractivity contribution in [3.8, 4) is 0 Å². The van der Waals surface area contributed by atoms with E-state index in [0.29, 0.717) is 44.0 Å². The molecule has 11 heteroatoms. The molecule has 192 valence electrons. The van der Waals surface area contributed by atoms with Crippen LogP contribution in [0.4, 0.5) is 13.2 Å². The molecule has 1 aromatic carbocycles. The standard InChI is InChI=1S/C24H31F3N4O4/c1-31(2)14-21(33)35-11-4-3-10-28-20(32)13-29-23(34)15-8-9-19-17(12-15)16-6-5-7-18(22(16)30-19)24(25,26)27/h5-7,15,30H,3-4,8-14H2,1-2H3,(H,28,32)(H,29,34). The van der Waals surface area contributed by atoms with Gasteiger partial charge in [-0.25, -0.2) is 0 Å². The van der Waals surface area contributed by atoms with E-state index < -0.39 is 17.7 Å². The van der Waals surface area contributed by atoms with Crippen molar-refractivity contribution < 1.29 is 32.3 Å². The van der Waals surface area contributed by atoms with E-state index >= 15 is 0 Å². The molecule has 0 fully saturated rings. The number of alkyl halides is 3. The van der Waals surface area contributed by atoms with E-state index in [1.807, 2.05) is 0 Å². The minimum atomic E-state index is -4.46. The van der Waals surface area contributed by atoms with Crippen LogP contribution in [0.1, 0.15) is 36.1 Å². The molecule has 1 aliphatic carbocycles. The first-order chi connectivity index (χ1) is 16.6. The number of nitrogens with one attached hydrogen (secondary N) is 3. The van der Waals surface area contributed by atoms with Crippen LogP contribution in [0.5, 0.6) is 0 Å². The van der Waals surface area contributed by atoms with Gasteiger partial charge in [0.1, 0.15) is 0 Å². The van der Waals surface area contributed by atoms with Gasteiger partial charge < -0.3 is 20.4 Å². The van der Waals surface area contributed by atoms with Crippen molar-refractivity contribution in [2.24, 2.45) is 5.92 Å². The van der Waals surface area contributed by atoms with Crippen molar-refractivity contribution in [3.05, 3.63) is 35.0 Å². The molecule has 8 nitrogen and oxygen atoms in total. The smallest absolute Gasteiger partial charge is 0.418 e. The maximum Gasteiger partial charge on any atom is 0.418 e. The van der Waals surface area contributed by atoms with Crippen molar-refractivity contribution in [2.75, 3.05) is 40.3 Å². The van der Waals surface area contributed by atoms with Gasteiger partial charge in [0.05, 0.1) is 30.8 Å². The number of aromatic amines is 1. The van der Waals surface area contributed by atoms with Crippen LogP contribution in [-0.4, -0.2) is 68.0 Å². The first kappa shape index (κ1) is 26.5. The highest BCUT2D eigenvalue weighted by molar-refractivity contribution is 5.90. The molecule has 3 rings (SSSR count). The number of esters is 1. The van der Waals surface area contributed by atoms with Crippen LogP contribution in [0.25, 0.3) is 10.9 Å². The van der Waals surface area contributed by atoms with E-state index in [9.17, 15) is 27.6 Å². The molecule has 2 amide bonds. The van der Waals surface area contributed by atoms with Crippen LogP contribution in [0.2, 0.25) is 0 Å². The quantitative estimate of drug-likeness (QED) is 0.346. The van der Waals surface area contributed by atoms with Gasteiger partial charge in [-0.05, 0) is 57.8 Å². The van der Waals surface area contributed by atoms with Gasteiger partial charge in [0.2, 0.25) is 11.8 Å². The molecule has 1 heterocycles. The van der Waals surface area contributed by atoms with Gasteiger partial charge in [-0.1, -0.05) is 12.1 Å². The summed E-state index contributed by atoms with van der Waals surface area (Å²) < 4.78 is 45.1. The summed E-state index contributed by atoms with van der Waals surface area (Å²) in [6.07, 6.45) is -1.96. The predicted molar refractivity (Wildman–Crippen MR) is 124 cm³/mol. The number of rotatable bonds is 10. The summed E-state index contributed by atoms with van der Waals surface area (Å²) in [5.41, 5.74) is 0.797. The maximum absolute atomic E-state index is 13.3. The molecule has 1 aliphatic rings. The number of hydrogen-bond donors (Lipinski definition) is 3. The van der Waals surface area contributed by atoms with Crippen LogP contribution in [0.15, 0.2) is 18.2 Å². The number of unbranched alkanes of at least 4 members (excludes halogenated alkanes) is 1. The van der Waals surface area contributed by atoms with Gasteiger partial charge in [0, 0.05) is 23.5 Å². The summed E-state index contributed by atoms with van der Waals surface area (Å²) in [7, 11) is 3.55. The zero-order chi connectivity index (χ0) is 25.6. The second kappa shape index (κ2) is 11.6. The number of ether oxygens (including phenoxy) is 1. The van der Waals surface area contributed by atoms with Gasteiger partial charge in [-0.2, -0.15) is 13.2 Å². The topological polar surface area (TPSA) is 104 Å². The summed E-state index contributed by atoms with van der Waals surface area (Å²) in [4.78, 5) is 40.7. The van der Waals surface area contributed by atoms with Crippen molar-refractivity contribution in [3.63, 3.8) is 0 Å². The van der Waals surface area contributed by atoms with Crippen LogP contribution in [-0.2, 0) is 38.1 Å². The summed E-state index contributed by atoms with van der Waals surface area (Å²) >= 11 is 0. The average molecular weight is 497 g/mol. The Morgan fingerprint density at radius 2 is 1.94 bits per heavy atom. The number of carbonyl (C=O) groups is 3. The number of aryl methyl sites for hydroxylation is 1. The molecule has 0 saturated heterocycles. The molecule has 1 atom stereocenters. The first-order valence-electron chi connectivity index (χ1n) is 11.6. The molecular weight excluding hydrogens is 465 g/mol. The van der Waals surface area contributed by atoms with Crippen molar-refractivity contribution in [1.29, 1.82) is 0 Å². The lowest BCUT2D eigenvalue weighted by molar-refractivity contribution is -0.144. The number of carbonyl (C=O) groups excluding carboxylic acids is 3. The summed E-state index contributed by atoms with van der Waals surface area (Å²) in [5, 5.41) is 5.82.